The summed E-state index contributed by atoms with van der Waals surface area (Å²) in [4.78, 5) is 22.7. The minimum atomic E-state index is -0.336. The molecule has 0 saturated carbocycles. The summed E-state index contributed by atoms with van der Waals surface area (Å²) in [6.45, 7) is 15.5. The van der Waals surface area contributed by atoms with Gasteiger partial charge in [-0.25, -0.2) is 9.59 Å². The maximum absolute atomic E-state index is 11.4. The van der Waals surface area contributed by atoms with E-state index in [-0.39, 0.29) is 11.9 Å². The molecular weight excluding hydrogens is 368 g/mol. The molecule has 0 aromatic heterocycles. The molecule has 0 spiro atoms. The SMILES string of the molecule is C=C(C)C(=O)OCCSC1C=CC(SCCOC(=O)C(=C)C)C(C)=C1C. The topological polar surface area (TPSA) is 52.6 Å². The molecule has 0 bridgehead atoms. The van der Waals surface area contributed by atoms with Gasteiger partial charge in [-0.05, 0) is 27.7 Å². The van der Waals surface area contributed by atoms with Crippen molar-refractivity contribution in [2.24, 2.45) is 0 Å². The highest BCUT2D eigenvalue weighted by atomic mass is 32.2. The van der Waals surface area contributed by atoms with Crippen LogP contribution in [0.2, 0.25) is 0 Å². The molecule has 2 unspecified atom stereocenters. The fraction of sp³-hybridized carbons (Fsp3) is 0.500. The van der Waals surface area contributed by atoms with Crippen LogP contribution >= 0.6 is 23.5 Å². The van der Waals surface area contributed by atoms with Crippen molar-refractivity contribution < 1.29 is 19.1 Å². The first-order valence-corrected chi connectivity index (χ1v) is 10.6. The van der Waals surface area contributed by atoms with Crippen LogP contribution < -0.4 is 0 Å². The van der Waals surface area contributed by atoms with E-state index in [9.17, 15) is 9.59 Å². The lowest BCUT2D eigenvalue weighted by Gasteiger charge is -2.26. The predicted octanol–water partition coefficient (Wildman–Crippen LogP) is 4.33. The molecule has 0 aliphatic heterocycles. The van der Waals surface area contributed by atoms with Gasteiger partial charge in [-0.1, -0.05) is 36.5 Å². The van der Waals surface area contributed by atoms with Gasteiger partial charge < -0.3 is 9.47 Å². The van der Waals surface area contributed by atoms with Gasteiger partial charge in [0.2, 0.25) is 0 Å². The van der Waals surface area contributed by atoms with Gasteiger partial charge in [-0.3, -0.25) is 0 Å². The fourth-order valence-corrected chi connectivity index (χ4v) is 4.31. The summed E-state index contributed by atoms with van der Waals surface area (Å²) >= 11 is 3.52. The molecule has 0 saturated heterocycles. The van der Waals surface area contributed by atoms with E-state index in [4.69, 9.17) is 9.47 Å². The monoisotopic (exact) mass is 396 g/mol. The van der Waals surface area contributed by atoms with Crippen molar-refractivity contribution in [2.75, 3.05) is 24.7 Å². The van der Waals surface area contributed by atoms with Crippen molar-refractivity contribution in [1.29, 1.82) is 0 Å². The van der Waals surface area contributed by atoms with Crippen LogP contribution in [0.1, 0.15) is 27.7 Å². The van der Waals surface area contributed by atoms with Crippen molar-refractivity contribution >= 4 is 35.5 Å². The second kappa shape index (κ2) is 11.3. The maximum atomic E-state index is 11.4. The van der Waals surface area contributed by atoms with Gasteiger partial charge in [0.05, 0.1) is 0 Å². The normalized spacial score (nSPS) is 19.2. The third kappa shape index (κ3) is 7.46. The van der Waals surface area contributed by atoms with Crippen molar-refractivity contribution in [1.82, 2.24) is 0 Å². The summed E-state index contributed by atoms with van der Waals surface area (Å²) < 4.78 is 10.3. The van der Waals surface area contributed by atoms with Crippen molar-refractivity contribution in [3.8, 4) is 0 Å². The number of hydrogen-bond donors (Lipinski definition) is 0. The number of carbonyl (C=O) groups is 2. The number of rotatable bonds is 10. The van der Waals surface area contributed by atoms with E-state index in [1.54, 1.807) is 37.4 Å². The number of ether oxygens (including phenoxy) is 2. The molecule has 2 atom stereocenters. The molecule has 1 rings (SSSR count). The molecular formula is C20H28O4S2. The lowest BCUT2D eigenvalue weighted by molar-refractivity contribution is -0.139. The van der Waals surface area contributed by atoms with Crippen molar-refractivity contribution in [3.63, 3.8) is 0 Å². The van der Waals surface area contributed by atoms with Crippen LogP contribution in [0.5, 0.6) is 0 Å². The number of esters is 2. The predicted molar refractivity (Wildman–Crippen MR) is 112 cm³/mol. The third-order valence-electron chi connectivity index (χ3n) is 3.86. The Morgan fingerprint density at radius 2 is 1.23 bits per heavy atom. The summed E-state index contributed by atoms with van der Waals surface area (Å²) in [7, 11) is 0. The molecule has 4 nitrogen and oxygen atoms in total. The smallest absolute Gasteiger partial charge is 0.333 e. The Kier molecular flexibility index (Phi) is 9.88. The van der Waals surface area contributed by atoms with Gasteiger partial charge in [0.25, 0.3) is 0 Å². The molecule has 0 N–H and O–H groups in total. The highest BCUT2D eigenvalue weighted by molar-refractivity contribution is 8.00. The zero-order valence-corrected chi connectivity index (χ0v) is 17.6. The Morgan fingerprint density at radius 1 is 0.885 bits per heavy atom. The first-order valence-electron chi connectivity index (χ1n) is 8.48. The minimum absolute atomic E-state index is 0.302. The zero-order valence-electron chi connectivity index (χ0n) is 16.0. The molecule has 0 aromatic rings. The standard InChI is InChI=1S/C20H28O4S2/c1-13(2)19(21)23-9-11-25-17-7-8-18(16(6)15(17)5)26-12-10-24-20(22)14(3)4/h7-8,17-18H,1,3,9-12H2,2,4-6H3. The van der Waals surface area contributed by atoms with Gasteiger partial charge >= 0.3 is 11.9 Å². The summed E-state index contributed by atoms with van der Waals surface area (Å²) in [5.41, 5.74) is 3.52. The Balaban J connectivity index is 2.37. The first-order chi connectivity index (χ1) is 12.2. The molecule has 0 fully saturated rings. The zero-order chi connectivity index (χ0) is 19.7. The minimum Gasteiger partial charge on any atom is -0.461 e. The summed E-state index contributed by atoms with van der Waals surface area (Å²) in [6.07, 6.45) is 4.40. The van der Waals surface area contributed by atoms with Crippen LogP contribution in [0.4, 0.5) is 0 Å². The lowest BCUT2D eigenvalue weighted by Crippen LogP contribution is -2.18. The Bertz CT molecular complexity index is 567. The molecule has 0 heterocycles. The molecule has 6 heteroatoms. The van der Waals surface area contributed by atoms with E-state index in [2.05, 4.69) is 39.2 Å². The molecule has 0 aromatic carbocycles. The Hall–Kier alpha value is -1.40. The molecule has 144 valence electrons. The molecule has 26 heavy (non-hydrogen) atoms. The summed E-state index contributed by atoms with van der Waals surface area (Å²) in [5.74, 6) is 0.815. The van der Waals surface area contributed by atoms with E-state index >= 15 is 0 Å². The van der Waals surface area contributed by atoms with Crippen LogP contribution in [0, 0.1) is 0 Å². The first kappa shape index (κ1) is 22.6. The van der Waals surface area contributed by atoms with E-state index in [0.717, 1.165) is 11.5 Å². The lowest BCUT2D eigenvalue weighted by atomic mass is 9.99. The van der Waals surface area contributed by atoms with Gasteiger partial charge in [0.1, 0.15) is 13.2 Å². The maximum Gasteiger partial charge on any atom is 0.333 e. The highest BCUT2D eigenvalue weighted by Gasteiger charge is 2.21. The van der Waals surface area contributed by atoms with E-state index in [1.807, 2.05) is 0 Å². The van der Waals surface area contributed by atoms with Crippen LogP contribution in [0.15, 0.2) is 47.6 Å². The summed E-state index contributed by atoms with van der Waals surface area (Å²) in [5, 5.41) is 0.605. The van der Waals surface area contributed by atoms with Gasteiger partial charge in [-0.15, -0.1) is 23.5 Å². The summed E-state index contributed by atoms with van der Waals surface area (Å²) in [6, 6.07) is 0. The van der Waals surface area contributed by atoms with Crippen LogP contribution in [-0.2, 0) is 19.1 Å². The second-order valence-electron chi connectivity index (χ2n) is 6.17. The van der Waals surface area contributed by atoms with Gasteiger partial charge in [0, 0.05) is 33.2 Å². The van der Waals surface area contributed by atoms with E-state index < -0.39 is 0 Å². The molecule has 1 aliphatic rings. The quantitative estimate of drug-likeness (QED) is 0.237. The second-order valence-corrected chi connectivity index (χ2v) is 8.67. The highest BCUT2D eigenvalue weighted by Crippen LogP contribution is 2.33. The van der Waals surface area contributed by atoms with E-state index in [1.165, 1.54) is 11.1 Å². The molecule has 0 amide bonds. The molecule has 0 radical (unpaired) electrons. The Morgan fingerprint density at radius 3 is 1.54 bits per heavy atom. The average molecular weight is 397 g/mol. The van der Waals surface area contributed by atoms with Crippen LogP contribution in [0.25, 0.3) is 0 Å². The number of thioether (sulfide) groups is 2. The van der Waals surface area contributed by atoms with Crippen molar-refractivity contribution in [2.45, 2.75) is 38.2 Å². The largest absolute Gasteiger partial charge is 0.461 e. The Labute approximate surface area is 165 Å². The van der Waals surface area contributed by atoms with E-state index in [0.29, 0.717) is 34.9 Å². The molecule has 1 aliphatic carbocycles. The van der Waals surface area contributed by atoms with Gasteiger partial charge in [0.15, 0.2) is 0 Å². The average Bonchev–Trinajstić information content (AvgIpc) is 2.59. The fourth-order valence-electron chi connectivity index (χ4n) is 2.17. The number of carbonyl (C=O) groups excluding carboxylic acids is 2. The van der Waals surface area contributed by atoms with Crippen molar-refractivity contribution in [3.05, 3.63) is 47.6 Å². The van der Waals surface area contributed by atoms with Gasteiger partial charge in [-0.2, -0.15) is 0 Å². The van der Waals surface area contributed by atoms with Crippen LogP contribution in [0.3, 0.4) is 0 Å². The number of hydrogen-bond acceptors (Lipinski definition) is 6. The van der Waals surface area contributed by atoms with Crippen LogP contribution in [-0.4, -0.2) is 47.2 Å². The third-order valence-corrected chi connectivity index (χ3v) is 6.41.